The second-order valence-electron chi connectivity index (χ2n) is 4.73. The minimum absolute atomic E-state index is 0.319. The Morgan fingerprint density at radius 1 is 1.27 bits per heavy atom. The normalized spacial score (nSPS) is 24.3. The molecule has 0 saturated carbocycles. The largest absolute Gasteiger partial charge is 0.348 e. The van der Waals surface area contributed by atoms with Crippen LogP contribution < -0.4 is 0 Å². The Kier molecular flexibility index (Phi) is 5.34. The van der Waals surface area contributed by atoms with Gasteiger partial charge in [0.2, 0.25) is 0 Å². The first-order valence-electron chi connectivity index (χ1n) is 6.07. The van der Waals surface area contributed by atoms with Crippen LogP contribution in [-0.4, -0.2) is 18.5 Å². The van der Waals surface area contributed by atoms with E-state index in [4.69, 9.17) is 9.47 Å². The van der Waals surface area contributed by atoms with Crippen molar-refractivity contribution >= 4 is 0 Å². The van der Waals surface area contributed by atoms with Gasteiger partial charge in [-0.05, 0) is 33.1 Å². The molecule has 0 aliphatic carbocycles. The second kappa shape index (κ2) is 6.29. The van der Waals surface area contributed by atoms with E-state index in [2.05, 4.69) is 6.58 Å². The molecule has 1 aliphatic heterocycles. The first-order valence-corrected chi connectivity index (χ1v) is 6.07. The molecule has 0 spiro atoms. The molecular formula is C13H24O2. The summed E-state index contributed by atoms with van der Waals surface area (Å²) >= 11 is 0. The molecule has 0 aromatic rings. The van der Waals surface area contributed by atoms with Gasteiger partial charge in [-0.2, -0.15) is 0 Å². The number of unbranched alkanes of at least 4 members (excludes halogenated alkanes) is 4. The van der Waals surface area contributed by atoms with Crippen LogP contribution in [0.2, 0.25) is 0 Å². The van der Waals surface area contributed by atoms with Crippen LogP contribution in [0.25, 0.3) is 0 Å². The topological polar surface area (TPSA) is 18.5 Å². The van der Waals surface area contributed by atoms with Crippen molar-refractivity contribution in [2.24, 2.45) is 0 Å². The van der Waals surface area contributed by atoms with Crippen LogP contribution in [0.3, 0.4) is 0 Å². The molecule has 1 fully saturated rings. The third-order valence-electron chi connectivity index (χ3n) is 2.75. The highest BCUT2D eigenvalue weighted by atomic mass is 16.7. The maximum absolute atomic E-state index is 5.74. The number of ether oxygens (including phenoxy) is 2. The van der Waals surface area contributed by atoms with Gasteiger partial charge in [-0.1, -0.05) is 25.3 Å². The van der Waals surface area contributed by atoms with Gasteiger partial charge in [0.15, 0.2) is 5.79 Å². The molecule has 1 heterocycles. The zero-order valence-corrected chi connectivity index (χ0v) is 10.1. The summed E-state index contributed by atoms with van der Waals surface area (Å²) in [6.07, 6.45) is 9.73. The predicted octanol–water partition coefficient (Wildman–Crippen LogP) is 3.66. The lowest BCUT2D eigenvalue weighted by atomic mass is 10.1. The summed E-state index contributed by atoms with van der Waals surface area (Å²) in [6.45, 7) is 8.45. The highest BCUT2D eigenvalue weighted by Crippen LogP contribution is 2.25. The van der Waals surface area contributed by atoms with Crippen molar-refractivity contribution < 1.29 is 9.47 Å². The highest BCUT2D eigenvalue weighted by molar-refractivity contribution is 4.71. The van der Waals surface area contributed by atoms with Gasteiger partial charge in [-0.3, -0.25) is 0 Å². The van der Waals surface area contributed by atoms with Crippen LogP contribution in [0.1, 0.15) is 52.4 Å². The molecular weight excluding hydrogens is 188 g/mol. The Hall–Kier alpha value is -0.340. The van der Waals surface area contributed by atoms with Crippen molar-refractivity contribution in [1.82, 2.24) is 0 Å². The minimum Gasteiger partial charge on any atom is -0.348 e. The fraction of sp³-hybridized carbons (Fsp3) is 0.846. The maximum Gasteiger partial charge on any atom is 0.163 e. The smallest absolute Gasteiger partial charge is 0.163 e. The number of allylic oxidation sites excluding steroid dienone is 1. The van der Waals surface area contributed by atoms with Crippen molar-refractivity contribution in [2.45, 2.75) is 64.3 Å². The highest BCUT2D eigenvalue weighted by Gasteiger charge is 2.31. The fourth-order valence-corrected chi connectivity index (χ4v) is 1.92. The van der Waals surface area contributed by atoms with E-state index in [0.717, 1.165) is 19.4 Å². The number of hydrogen-bond donors (Lipinski definition) is 0. The molecule has 0 aromatic heterocycles. The minimum atomic E-state index is -0.354. The second-order valence-corrected chi connectivity index (χ2v) is 4.73. The number of rotatable bonds is 7. The summed E-state index contributed by atoms with van der Waals surface area (Å²) in [7, 11) is 0. The first-order chi connectivity index (χ1) is 7.14. The summed E-state index contributed by atoms with van der Waals surface area (Å²) in [5.41, 5.74) is 0. The molecule has 15 heavy (non-hydrogen) atoms. The third kappa shape index (κ3) is 5.33. The van der Waals surface area contributed by atoms with Crippen LogP contribution in [-0.2, 0) is 9.47 Å². The zero-order valence-electron chi connectivity index (χ0n) is 10.1. The van der Waals surface area contributed by atoms with Gasteiger partial charge < -0.3 is 9.47 Å². The quantitative estimate of drug-likeness (QED) is 0.473. The van der Waals surface area contributed by atoms with Crippen molar-refractivity contribution in [3.8, 4) is 0 Å². The summed E-state index contributed by atoms with van der Waals surface area (Å²) in [5.74, 6) is -0.354. The van der Waals surface area contributed by atoms with E-state index in [0.29, 0.717) is 6.10 Å². The SMILES string of the molecule is C=CCCCCCC[C@@H]1COC(C)(C)O1. The number of hydrogen-bond acceptors (Lipinski definition) is 2. The Morgan fingerprint density at radius 2 is 2.00 bits per heavy atom. The van der Waals surface area contributed by atoms with Crippen molar-refractivity contribution in [2.75, 3.05) is 6.61 Å². The Bertz CT molecular complexity index is 187. The molecule has 2 nitrogen and oxygen atoms in total. The molecule has 0 bridgehead atoms. The van der Waals surface area contributed by atoms with Crippen molar-refractivity contribution in [3.05, 3.63) is 12.7 Å². The fourth-order valence-electron chi connectivity index (χ4n) is 1.92. The molecule has 0 N–H and O–H groups in total. The van der Waals surface area contributed by atoms with E-state index in [-0.39, 0.29) is 5.79 Å². The zero-order chi connectivity index (χ0) is 11.1. The van der Waals surface area contributed by atoms with Gasteiger partial charge in [0, 0.05) is 0 Å². The Balaban J connectivity index is 1.95. The van der Waals surface area contributed by atoms with Gasteiger partial charge in [-0.25, -0.2) is 0 Å². The summed E-state index contributed by atoms with van der Waals surface area (Å²) in [5, 5.41) is 0. The molecule has 0 radical (unpaired) electrons. The van der Waals surface area contributed by atoms with Crippen molar-refractivity contribution in [3.63, 3.8) is 0 Å². The van der Waals surface area contributed by atoms with Crippen LogP contribution in [0.5, 0.6) is 0 Å². The summed E-state index contributed by atoms with van der Waals surface area (Å²) in [4.78, 5) is 0. The van der Waals surface area contributed by atoms with Crippen LogP contribution >= 0.6 is 0 Å². The van der Waals surface area contributed by atoms with E-state index in [9.17, 15) is 0 Å². The molecule has 0 unspecified atom stereocenters. The lowest BCUT2D eigenvalue weighted by Crippen LogP contribution is -2.21. The van der Waals surface area contributed by atoms with E-state index in [1.54, 1.807) is 0 Å². The third-order valence-corrected chi connectivity index (χ3v) is 2.75. The Morgan fingerprint density at radius 3 is 2.60 bits per heavy atom. The van der Waals surface area contributed by atoms with E-state index < -0.39 is 0 Å². The molecule has 2 heteroatoms. The van der Waals surface area contributed by atoms with E-state index >= 15 is 0 Å². The van der Waals surface area contributed by atoms with Gasteiger partial charge in [0.25, 0.3) is 0 Å². The lowest BCUT2D eigenvalue weighted by molar-refractivity contribution is -0.139. The van der Waals surface area contributed by atoms with Crippen LogP contribution in [0.4, 0.5) is 0 Å². The molecule has 88 valence electrons. The summed E-state index contributed by atoms with van der Waals surface area (Å²) < 4.78 is 11.3. The standard InChI is InChI=1S/C13H24O2/c1-4-5-6-7-8-9-10-12-11-14-13(2,3)15-12/h4,12H,1,5-11H2,2-3H3/t12-/m1/s1. The van der Waals surface area contributed by atoms with Gasteiger partial charge in [0.05, 0.1) is 12.7 Å². The van der Waals surface area contributed by atoms with Gasteiger partial charge >= 0.3 is 0 Å². The molecule has 1 saturated heterocycles. The van der Waals surface area contributed by atoms with E-state index in [1.165, 1.54) is 25.7 Å². The average Bonchev–Trinajstić information content (AvgIpc) is 2.52. The van der Waals surface area contributed by atoms with Crippen LogP contribution in [0, 0.1) is 0 Å². The van der Waals surface area contributed by atoms with Gasteiger partial charge in [0.1, 0.15) is 0 Å². The monoisotopic (exact) mass is 212 g/mol. The van der Waals surface area contributed by atoms with Gasteiger partial charge in [-0.15, -0.1) is 6.58 Å². The molecule has 1 aliphatic rings. The van der Waals surface area contributed by atoms with E-state index in [1.807, 2.05) is 19.9 Å². The predicted molar refractivity (Wildman–Crippen MR) is 62.8 cm³/mol. The molecule has 0 amide bonds. The van der Waals surface area contributed by atoms with Crippen LogP contribution in [0.15, 0.2) is 12.7 Å². The maximum atomic E-state index is 5.74. The van der Waals surface area contributed by atoms with Crippen molar-refractivity contribution in [1.29, 1.82) is 0 Å². The first kappa shape index (κ1) is 12.7. The molecule has 1 atom stereocenters. The molecule has 0 aromatic carbocycles. The summed E-state index contributed by atoms with van der Waals surface area (Å²) in [6, 6.07) is 0. The molecule has 1 rings (SSSR count). The Labute approximate surface area is 93.7 Å². The lowest BCUT2D eigenvalue weighted by Gasteiger charge is -2.16. The average molecular weight is 212 g/mol.